The Morgan fingerprint density at radius 1 is 0.950 bits per heavy atom. The van der Waals surface area contributed by atoms with Crippen molar-refractivity contribution in [3.05, 3.63) is 0 Å². The lowest BCUT2D eigenvalue weighted by molar-refractivity contribution is -0.137. The number of rotatable bonds is 9. The summed E-state index contributed by atoms with van der Waals surface area (Å²) in [6.07, 6.45) is 1.64. The van der Waals surface area contributed by atoms with Crippen molar-refractivity contribution in [2.75, 3.05) is 13.1 Å². The maximum absolute atomic E-state index is 11.3. The van der Waals surface area contributed by atoms with Crippen molar-refractivity contribution < 1.29 is 24.3 Å². The highest BCUT2D eigenvalue weighted by atomic mass is 16.4. The summed E-state index contributed by atoms with van der Waals surface area (Å²) in [5, 5.41) is 15.3. The van der Waals surface area contributed by atoms with Gasteiger partial charge in [-0.05, 0) is 19.3 Å². The van der Waals surface area contributed by atoms with Crippen molar-refractivity contribution in [3.63, 3.8) is 0 Å². The van der Waals surface area contributed by atoms with Crippen molar-refractivity contribution in [2.45, 2.75) is 39.0 Å². The summed E-state index contributed by atoms with van der Waals surface area (Å²) in [5.41, 5.74) is 0. The van der Waals surface area contributed by atoms with Crippen LogP contribution < -0.4 is 16.0 Å². The molecule has 20 heavy (non-hydrogen) atoms. The average Bonchev–Trinajstić information content (AvgIpc) is 2.38. The van der Waals surface area contributed by atoms with Crippen LogP contribution in [0.25, 0.3) is 0 Å². The van der Waals surface area contributed by atoms with Crippen LogP contribution in [0.3, 0.4) is 0 Å². The molecule has 0 bridgehead atoms. The molecule has 114 valence electrons. The van der Waals surface area contributed by atoms with Crippen molar-refractivity contribution in [2.24, 2.45) is 0 Å². The van der Waals surface area contributed by atoms with E-state index >= 15 is 0 Å². The van der Waals surface area contributed by atoms with Crippen molar-refractivity contribution in [1.82, 2.24) is 16.0 Å². The van der Waals surface area contributed by atoms with Gasteiger partial charge < -0.3 is 15.7 Å². The number of hydrogen-bond acceptors (Lipinski definition) is 4. The Morgan fingerprint density at radius 3 is 2.20 bits per heavy atom. The summed E-state index contributed by atoms with van der Waals surface area (Å²) in [4.78, 5) is 44.0. The van der Waals surface area contributed by atoms with Gasteiger partial charge in [0.1, 0.15) is 0 Å². The van der Waals surface area contributed by atoms with E-state index in [1.165, 1.54) is 0 Å². The zero-order chi connectivity index (χ0) is 15.4. The van der Waals surface area contributed by atoms with E-state index in [2.05, 4.69) is 16.0 Å². The second-order valence-corrected chi connectivity index (χ2v) is 4.18. The first-order valence-electron chi connectivity index (χ1n) is 6.51. The second-order valence-electron chi connectivity index (χ2n) is 4.18. The number of carboxylic acids is 1. The number of imide groups is 1. The molecule has 8 heteroatoms. The fourth-order valence-corrected chi connectivity index (χ4v) is 1.28. The molecule has 4 N–H and O–H groups in total. The van der Waals surface area contributed by atoms with E-state index in [4.69, 9.17) is 5.11 Å². The molecule has 0 aromatic rings. The monoisotopic (exact) mass is 287 g/mol. The molecule has 0 aliphatic rings. The van der Waals surface area contributed by atoms with E-state index in [0.29, 0.717) is 19.4 Å². The Bertz CT molecular complexity index is 357. The van der Waals surface area contributed by atoms with Crippen LogP contribution >= 0.6 is 0 Å². The van der Waals surface area contributed by atoms with E-state index in [0.717, 1.165) is 6.42 Å². The molecule has 0 aromatic heterocycles. The SMILES string of the molecule is CCCNC(=O)CNC(=O)NC(=O)CCCCC(=O)O. The van der Waals surface area contributed by atoms with Crippen LogP contribution in [0.4, 0.5) is 4.79 Å². The highest BCUT2D eigenvalue weighted by Crippen LogP contribution is 1.99. The van der Waals surface area contributed by atoms with E-state index in [1.807, 2.05) is 6.92 Å². The number of nitrogens with one attached hydrogen (secondary N) is 3. The van der Waals surface area contributed by atoms with Crippen molar-refractivity contribution >= 4 is 23.8 Å². The minimum absolute atomic E-state index is 0.00290. The Hall–Kier alpha value is -2.12. The number of amides is 4. The van der Waals surface area contributed by atoms with Crippen LogP contribution in [0, 0.1) is 0 Å². The molecule has 0 heterocycles. The van der Waals surface area contributed by atoms with Gasteiger partial charge in [-0.25, -0.2) is 4.79 Å². The summed E-state index contributed by atoms with van der Waals surface area (Å²) in [6, 6.07) is -0.736. The van der Waals surface area contributed by atoms with E-state index in [1.54, 1.807) is 0 Å². The number of aliphatic carboxylic acids is 1. The topological polar surface area (TPSA) is 125 Å². The summed E-state index contributed by atoms with van der Waals surface area (Å²) in [5.74, 6) is -1.74. The van der Waals surface area contributed by atoms with E-state index in [-0.39, 0.29) is 25.3 Å². The summed E-state index contributed by atoms with van der Waals surface area (Å²) < 4.78 is 0. The Kier molecular flexibility index (Phi) is 9.63. The van der Waals surface area contributed by atoms with Gasteiger partial charge >= 0.3 is 12.0 Å². The lowest BCUT2D eigenvalue weighted by Gasteiger charge is -2.07. The van der Waals surface area contributed by atoms with Gasteiger partial charge in [0.05, 0.1) is 6.54 Å². The second kappa shape index (κ2) is 10.8. The zero-order valence-corrected chi connectivity index (χ0v) is 11.5. The number of unbranched alkanes of at least 4 members (excludes halogenated alkanes) is 1. The van der Waals surface area contributed by atoms with E-state index < -0.39 is 17.9 Å². The number of carboxylic acid groups (broad SMARTS) is 1. The smallest absolute Gasteiger partial charge is 0.321 e. The maximum Gasteiger partial charge on any atom is 0.321 e. The zero-order valence-electron chi connectivity index (χ0n) is 11.5. The first-order valence-corrected chi connectivity index (χ1v) is 6.51. The van der Waals surface area contributed by atoms with Gasteiger partial charge in [-0.2, -0.15) is 0 Å². The number of carbonyl (C=O) groups is 4. The lowest BCUT2D eigenvalue weighted by Crippen LogP contribution is -2.44. The van der Waals surface area contributed by atoms with Crippen LogP contribution in [0.15, 0.2) is 0 Å². The fourth-order valence-electron chi connectivity index (χ4n) is 1.28. The third kappa shape index (κ3) is 11.0. The predicted octanol–water partition coefficient (Wildman–Crippen LogP) is -0.0166. The van der Waals surface area contributed by atoms with Gasteiger partial charge in [0.2, 0.25) is 11.8 Å². The number of hydrogen-bond donors (Lipinski definition) is 4. The molecule has 0 atom stereocenters. The predicted molar refractivity (Wildman–Crippen MR) is 70.9 cm³/mol. The van der Waals surface area contributed by atoms with Crippen LogP contribution in [0.5, 0.6) is 0 Å². The molecule has 0 radical (unpaired) electrons. The Balaban J connectivity index is 3.66. The molecule has 0 aliphatic carbocycles. The molecule has 0 spiro atoms. The normalized spacial score (nSPS) is 9.65. The average molecular weight is 287 g/mol. The molecule has 8 nitrogen and oxygen atoms in total. The number of urea groups is 1. The molecule has 0 aliphatic heterocycles. The van der Waals surface area contributed by atoms with Crippen LogP contribution in [-0.2, 0) is 14.4 Å². The Labute approximate surface area is 117 Å². The molecule has 0 aromatic carbocycles. The molecular formula is C12H21N3O5. The van der Waals surface area contributed by atoms with Gasteiger partial charge in [0.15, 0.2) is 0 Å². The van der Waals surface area contributed by atoms with Gasteiger partial charge in [-0.1, -0.05) is 6.92 Å². The van der Waals surface area contributed by atoms with Gasteiger partial charge in [0, 0.05) is 19.4 Å². The largest absolute Gasteiger partial charge is 0.481 e. The standard InChI is InChI=1S/C12H21N3O5/c1-2-7-13-10(17)8-14-12(20)15-9(16)5-3-4-6-11(18)19/h2-8H2,1H3,(H,13,17)(H,18,19)(H2,14,15,16,20). The fraction of sp³-hybridized carbons (Fsp3) is 0.667. The van der Waals surface area contributed by atoms with Crippen molar-refractivity contribution in [3.8, 4) is 0 Å². The molecule has 0 saturated heterocycles. The summed E-state index contributed by atoms with van der Waals surface area (Å²) >= 11 is 0. The lowest BCUT2D eigenvalue weighted by atomic mass is 10.2. The van der Waals surface area contributed by atoms with Crippen molar-refractivity contribution in [1.29, 1.82) is 0 Å². The molecule has 4 amide bonds. The van der Waals surface area contributed by atoms with Crippen LogP contribution in [0.2, 0.25) is 0 Å². The van der Waals surface area contributed by atoms with Gasteiger partial charge in [-0.15, -0.1) is 0 Å². The van der Waals surface area contributed by atoms with Crippen LogP contribution in [-0.4, -0.2) is 42.0 Å². The maximum atomic E-state index is 11.3. The van der Waals surface area contributed by atoms with E-state index in [9.17, 15) is 19.2 Å². The molecule has 0 unspecified atom stereocenters. The third-order valence-corrected chi connectivity index (χ3v) is 2.28. The minimum atomic E-state index is -0.916. The van der Waals surface area contributed by atoms with Gasteiger partial charge in [0.25, 0.3) is 0 Å². The first-order chi connectivity index (χ1) is 9.45. The van der Waals surface area contributed by atoms with Gasteiger partial charge in [-0.3, -0.25) is 19.7 Å². The third-order valence-electron chi connectivity index (χ3n) is 2.28. The summed E-state index contributed by atoms with van der Waals surface area (Å²) in [6.45, 7) is 2.24. The molecule has 0 saturated carbocycles. The van der Waals surface area contributed by atoms with Crippen LogP contribution in [0.1, 0.15) is 39.0 Å². The molecular weight excluding hydrogens is 266 g/mol. The molecule has 0 rings (SSSR count). The minimum Gasteiger partial charge on any atom is -0.481 e. The molecule has 0 fully saturated rings. The highest BCUT2D eigenvalue weighted by Gasteiger charge is 2.09. The summed E-state index contributed by atoms with van der Waals surface area (Å²) in [7, 11) is 0. The number of carbonyl (C=O) groups excluding carboxylic acids is 3. The highest BCUT2D eigenvalue weighted by molar-refractivity contribution is 5.95. The first kappa shape index (κ1) is 17.9. The Morgan fingerprint density at radius 2 is 1.60 bits per heavy atom. The quantitative estimate of drug-likeness (QED) is 0.444.